The van der Waals surface area contributed by atoms with E-state index in [1.807, 2.05) is 0 Å². The van der Waals surface area contributed by atoms with Gasteiger partial charge in [0.1, 0.15) is 12.2 Å². The zero-order valence-corrected chi connectivity index (χ0v) is 8.35. The predicted octanol–water partition coefficient (Wildman–Crippen LogP) is -0.0338. The summed E-state index contributed by atoms with van der Waals surface area (Å²) in [6.45, 7) is 0. The predicted molar refractivity (Wildman–Crippen MR) is 48.9 cm³/mol. The van der Waals surface area contributed by atoms with Crippen LogP contribution in [0.5, 0.6) is 0 Å². The summed E-state index contributed by atoms with van der Waals surface area (Å²) in [5.41, 5.74) is 0.494. The van der Waals surface area contributed by atoms with Crippen LogP contribution in [0.15, 0.2) is 23.3 Å². The Morgan fingerprint density at radius 1 is 1.07 bits per heavy atom. The molecule has 0 aliphatic carbocycles. The van der Waals surface area contributed by atoms with Gasteiger partial charge in [0, 0.05) is 0 Å². The first-order valence-electron chi connectivity index (χ1n) is 4.43. The molecule has 2 atom stereocenters. The molecule has 5 heteroatoms. The molecule has 2 aliphatic rings. The summed E-state index contributed by atoms with van der Waals surface area (Å²) in [7, 11) is 2.53. The number of esters is 2. The molecule has 0 unspecified atom stereocenters. The van der Waals surface area contributed by atoms with E-state index < -0.39 is 24.1 Å². The van der Waals surface area contributed by atoms with Crippen molar-refractivity contribution in [2.45, 2.75) is 12.2 Å². The molecule has 0 amide bonds. The fraction of sp³-hybridized carbons (Fsp3) is 0.400. The van der Waals surface area contributed by atoms with Gasteiger partial charge in [0.15, 0.2) is 0 Å². The van der Waals surface area contributed by atoms with E-state index in [-0.39, 0.29) is 11.1 Å². The summed E-state index contributed by atoms with van der Waals surface area (Å²) in [5, 5.41) is 0. The monoisotopic (exact) mass is 210 g/mol. The van der Waals surface area contributed by atoms with Gasteiger partial charge >= 0.3 is 11.9 Å². The van der Waals surface area contributed by atoms with Gasteiger partial charge in [-0.05, 0) is 0 Å². The van der Waals surface area contributed by atoms with Crippen molar-refractivity contribution in [3.63, 3.8) is 0 Å². The number of rotatable bonds is 2. The molecule has 5 nitrogen and oxygen atoms in total. The molecule has 2 aliphatic heterocycles. The Bertz CT molecular complexity index is 345. The third kappa shape index (κ3) is 1.35. The quantitative estimate of drug-likeness (QED) is 0.473. The highest BCUT2D eigenvalue weighted by atomic mass is 16.5. The number of methoxy groups -OCH3 is 2. The molecule has 80 valence electrons. The normalized spacial score (nSPS) is 27.1. The molecular formula is C10H10O5. The van der Waals surface area contributed by atoms with Crippen LogP contribution in [0.4, 0.5) is 0 Å². The van der Waals surface area contributed by atoms with E-state index in [1.165, 1.54) is 14.2 Å². The average molecular weight is 210 g/mol. The molecule has 0 saturated carbocycles. The minimum Gasteiger partial charge on any atom is -0.466 e. The highest BCUT2D eigenvalue weighted by Gasteiger charge is 2.43. The number of carbonyl (C=O) groups is 2. The standard InChI is InChI=1S/C10H10O5/c1-13-9(11)7-5-3-4-6(15-5)8(7)10(12)14-2/h3-6H,1-2H3/t5-,6-/m1/s1. The zero-order valence-electron chi connectivity index (χ0n) is 8.35. The van der Waals surface area contributed by atoms with E-state index in [0.717, 1.165) is 0 Å². The average Bonchev–Trinajstić information content (AvgIpc) is 2.86. The van der Waals surface area contributed by atoms with E-state index in [0.29, 0.717) is 0 Å². The van der Waals surface area contributed by atoms with Crippen molar-refractivity contribution >= 4 is 11.9 Å². The van der Waals surface area contributed by atoms with Crippen LogP contribution in [0.3, 0.4) is 0 Å². The van der Waals surface area contributed by atoms with E-state index in [2.05, 4.69) is 9.47 Å². The van der Waals surface area contributed by atoms with Gasteiger partial charge in [-0.3, -0.25) is 0 Å². The lowest BCUT2D eigenvalue weighted by atomic mass is 9.97. The molecule has 0 aromatic rings. The highest BCUT2D eigenvalue weighted by molar-refractivity contribution is 6.03. The van der Waals surface area contributed by atoms with Crippen LogP contribution in [0.1, 0.15) is 0 Å². The fourth-order valence-electron chi connectivity index (χ4n) is 1.76. The number of hydrogen-bond acceptors (Lipinski definition) is 5. The van der Waals surface area contributed by atoms with E-state index in [1.54, 1.807) is 12.2 Å². The molecular weight excluding hydrogens is 200 g/mol. The summed E-state index contributed by atoms with van der Waals surface area (Å²) in [6, 6.07) is 0. The Balaban J connectivity index is 2.40. The molecule has 0 N–H and O–H groups in total. The van der Waals surface area contributed by atoms with Gasteiger partial charge in [0.05, 0.1) is 25.4 Å². The summed E-state index contributed by atoms with van der Waals surface area (Å²) in [6.07, 6.45) is 2.50. The molecule has 2 heterocycles. The molecule has 2 bridgehead atoms. The number of fused-ring (bicyclic) bond motifs is 2. The van der Waals surface area contributed by atoms with Crippen LogP contribution in [0.2, 0.25) is 0 Å². The second-order valence-corrected chi connectivity index (χ2v) is 3.17. The largest absolute Gasteiger partial charge is 0.466 e. The van der Waals surface area contributed by atoms with Gasteiger partial charge in [-0.15, -0.1) is 0 Å². The van der Waals surface area contributed by atoms with Crippen molar-refractivity contribution < 1.29 is 23.8 Å². The lowest BCUT2D eigenvalue weighted by Gasteiger charge is -2.09. The van der Waals surface area contributed by atoms with Crippen LogP contribution < -0.4 is 0 Å². The van der Waals surface area contributed by atoms with Crippen LogP contribution in [-0.4, -0.2) is 38.4 Å². The van der Waals surface area contributed by atoms with E-state index >= 15 is 0 Å². The first kappa shape index (κ1) is 9.92. The highest BCUT2D eigenvalue weighted by Crippen LogP contribution is 2.35. The van der Waals surface area contributed by atoms with Gasteiger partial charge < -0.3 is 14.2 Å². The Labute approximate surface area is 86.3 Å². The maximum absolute atomic E-state index is 11.4. The molecule has 0 spiro atoms. The number of hydrogen-bond donors (Lipinski definition) is 0. The van der Waals surface area contributed by atoms with Gasteiger partial charge in [0.2, 0.25) is 0 Å². The summed E-state index contributed by atoms with van der Waals surface area (Å²) < 4.78 is 14.5. The van der Waals surface area contributed by atoms with Crippen molar-refractivity contribution in [3.05, 3.63) is 23.3 Å². The smallest absolute Gasteiger partial charge is 0.337 e. The number of carbonyl (C=O) groups excluding carboxylic acids is 2. The fourth-order valence-corrected chi connectivity index (χ4v) is 1.76. The van der Waals surface area contributed by atoms with Gasteiger partial charge in [-0.2, -0.15) is 0 Å². The Kier molecular flexibility index (Phi) is 2.32. The molecule has 0 saturated heterocycles. The maximum atomic E-state index is 11.4. The summed E-state index contributed by atoms with van der Waals surface area (Å²) in [4.78, 5) is 22.9. The minimum atomic E-state index is -0.549. The summed E-state index contributed by atoms with van der Waals surface area (Å²) in [5.74, 6) is -1.10. The third-order valence-electron chi connectivity index (χ3n) is 2.42. The second kappa shape index (κ2) is 3.51. The lowest BCUT2D eigenvalue weighted by Crippen LogP contribution is -2.20. The maximum Gasteiger partial charge on any atom is 0.337 e. The molecule has 0 aromatic carbocycles. The molecule has 0 fully saturated rings. The molecule has 15 heavy (non-hydrogen) atoms. The van der Waals surface area contributed by atoms with Gasteiger partial charge in [-0.1, -0.05) is 12.2 Å². The molecule has 0 radical (unpaired) electrons. The van der Waals surface area contributed by atoms with Crippen LogP contribution in [-0.2, 0) is 23.8 Å². The van der Waals surface area contributed by atoms with Crippen molar-refractivity contribution in [3.8, 4) is 0 Å². The van der Waals surface area contributed by atoms with E-state index in [4.69, 9.17) is 4.74 Å². The van der Waals surface area contributed by atoms with Crippen LogP contribution >= 0.6 is 0 Å². The van der Waals surface area contributed by atoms with Gasteiger partial charge in [0.25, 0.3) is 0 Å². The van der Waals surface area contributed by atoms with Gasteiger partial charge in [-0.25, -0.2) is 9.59 Å². The third-order valence-corrected chi connectivity index (χ3v) is 2.42. The zero-order chi connectivity index (χ0) is 11.0. The SMILES string of the molecule is COC(=O)C1=C(C(=O)OC)[C@H]2C=C[C@H]1O2. The first-order chi connectivity index (χ1) is 7.19. The molecule has 2 rings (SSSR count). The minimum absolute atomic E-state index is 0.247. The van der Waals surface area contributed by atoms with Crippen molar-refractivity contribution in [1.29, 1.82) is 0 Å². The summed E-state index contributed by atoms with van der Waals surface area (Å²) >= 11 is 0. The Hall–Kier alpha value is -1.62. The van der Waals surface area contributed by atoms with Crippen molar-refractivity contribution in [2.75, 3.05) is 14.2 Å². The van der Waals surface area contributed by atoms with Crippen LogP contribution in [0.25, 0.3) is 0 Å². The second-order valence-electron chi connectivity index (χ2n) is 3.17. The molecule has 0 aromatic heterocycles. The topological polar surface area (TPSA) is 61.8 Å². The lowest BCUT2D eigenvalue weighted by molar-refractivity contribution is -0.139. The van der Waals surface area contributed by atoms with Crippen molar-refractivity contribution in [2.24, 2.45) is 0 Å². The Morgan fingerprint density at radius 3 is 1.80 bits per heavy atom. The Morgan fingerprint density at radius 2 is 1.47 bits per heavy atom. The van der Waals surface area contributed by atoms with E-state index in [9.17, 15) is 9.59 Å². The van der Waals surface area contributed by atoms with Crippen LogP contribution in [0, 0.1) is 0 Å². The number of ether oxygens (including phenoxy) is 3. The first-order valence-corrected chi connectivity index (χ1v) is 4.43. The van der Waals surface area contributed by atoms with Crippen molar-refractivity contribution in [1.82, 2.24) is 0 Å².